The number of aromatic nitrogens is 1. The van der Waals surface area contributed by atoms with Gasteiger partial charge in [-0.05, 0) is 47.4 Å². The Hall–Kier alpha value is -2.98. The maximum absolute atomic E-state index is 8.45. The number of aryl methyl sites for hydroxylation is 2. The fourth-order valence-corrected chi connectivity index (χ4v) is 5.58. The average molecular weight is 745 g/mol. The number of hydrogen-bond acceptors (Lipinski definition) is 3. The molecule has 42 heavy (non-hydrogen) atoms. The quantitative estimate of drug-likeness (QED) is 0.151. The van der Waals surface area contributed by atoms with Gasteiger partial charge in [0.15, 0.2) is 18.0 Å². The molecule has 222 valence electrons. The molecule has 0 N–H and O–H groups in total. The minimum absolute atomic E-state index is 0. The molecule has 0 unspecified atom stereocenters. The van der Waals surface area contributed by atoms with Gasteiger partial charge in [0.25, 0.3) is 0 Å². The van der Waals surface area contributed by atoms with Crippen LogP contribution in [0.25, 0.3) is 0 Å². The molecular weight excluding hydrogens is 701 g/mol. The Morgan fingerprint density at radius 1 is 0.810 bits per heavy atom. The van der Waals surface area contributed by atoms with E-state index >= 15 is 0 Å². The SMILES string of the molecule is [2H]C([2H])([2H])[N@+]12[CH-][N@+](c3[c-]c(Oc4[c-]c(Oc5cc(C(C)(C)C)ccn5)ccc4)cc(C(C)(C)C)c3)(C1)c1cc(C)c(C)cc12.[Pt]. The van der Waals surface area contributed by atoms with Gasteiger partial charge >= 0.3 is 0 Å². The van der Waals surface area contributed by atoms with Gasteiger partial charge in [-0.3, -0.25) is 0 Å². The predicted octanol–water partition coefficient (Wildman–Crippen LogP) is 9.16. The Bertz CT molecular complexity index is 1770. The Balaban J connectivity index is 0.00000400. The van der Waals surface area contributed by atoms with E-state index in [2.05, 4.69) is 77.7 Å². The molecule has 0 spiro atoms. The van der Waals surface area contributed by atoms with Crippen LogP contribution in [-0.4, -0.2) is 18.6 Å². The van der Waals surface area contributed by atoms with Gasteiger partial charge in [-0.2, -0.15) is 6.07 Å². The van der Waals surface area contributed by atoms with Crippen molar-refractivity contribution in [3.05, 3.63) is 102 Å². The molecule has 0 aliphatic carbocycles. The molecule has 0 radical (unpaired) electrons. The van der Waals surface area contributed by atoms with Crippen molar-refractivity contribution in [1.29, 1.82) is 0 Å². The van der Waals surface area contributed by atoms with E-state index in [0.29, 0.717) is 34.3 Å². The number of hydrogen-bond donors (Lipinski definition) is 0. The second-order valence-corrected chi connectivity index (χ2v) is 13.5. The molecule has 7 rings (SSSR count). The van der Waals surface area contributed by atoms with Gasteiger partial charge in [0.2, 0.25) is 5.88 Å². The molecule has 2 atom stereocenters. The second kappa shape index (κ2) is 10.3. The summed E-state index contributed by atoms with van der Waals surface area (Å²) in [7, 11) is 0. The molecule has 3 aromatic carbocycles. The van der Waals surface area contributed by atoms with Gasteiger partial charge in [0.1, 0.15) is 0 Å². The number of quaternary nitrogens is 2. The molecular formula is C36H40N3O2Pt-. The fourth-order valence-electron chi connectivity index (χ4n) is 5.58. The molecule has 0 saturated carbocycles. The van der Waals surface area contributed by atoms with Crippen LogP contribution >= 0.6 is 0 Å². The third kappa shape index (κ3) is 5.32. The van der Waals surface area contributed by atoms with Crippen LogP contribution in [0.15, 0.2) is 60.8 Å². The Labute approximate surface area is 269 Å². The van der Waals surface area contributed by atoms with Gasteiger partial charge in [-0.1, -0.05) is 53.7 Å². The molecule has 5 nitrogen and oxygen atoms in total. The van der Waals surface area contributed by atoms with Gasteiger partial charge in [0, 0.05) is 68.4 Å². The van der Waals surface area contributed by atoms with Gasteiger partial charge in [-0.25, -0.2) is 4.98 Å². The molecule has 1 saturated heterocycles. The van der Waals surface area contributed by atoms with Crippen molar-refractivity contribution in [2.45, 2.75) is 66.2 Å². The minimum Gasteiger partial charge on any atom is -0.509 e. The molecule has 4 aromatic rings. The molecule has 1 aromatic heterocycles. The number of pyridine rings is 1. The Morgan fingerprint density at radius 2 is 1.45 bits per heavy atom. The number of nitrogens with zero attached hydrogens (tertiary/aromatic N) is 3. The first kappa shape index (κ1) is 26.6. The van der Waals surface area contributed by atoms with E-state index in [4.69, 9.17) is 13.6 Å². The predicted molar refractivity (Wildman–Crippen MR) is 167 cm³/mol. The van der Waals surface area contributed by atoms with Crippen LogP contribution < -0.4 is 18.4 Å². The van der Waals surface area contributed by atoms with Crippen LogP contribution in [0.4, 0.5) is 17.1 Å². The largest absolute Gasteiger partial charge is 0.509 e. The summed E-state index contributed by atoms with van der Waals surface area (Å²) in [5.74, 6) is 2.00. The van der Waals surface area contributed by atoms with E-state index in [9.17, 15) is 0 Å². The van der Waals surface area contributed by atoms with Crippen LogP contribution in [-0.2, 0) is 31.9 Å². The summed E-state index contributed by atoms with van der Waals surface area (Å²) < 4.78 is 38.0. The summed E-state index contributed by atoms with van der Waals surface area (Å²) in [6.07, 6.45) is 1.75. The summed E-state index contributed by atoms with van der Waals surface area (Å²) in [4.78, 5) is 4.38. The average Bonchev–Trinajstić information content (AvgIpc) is 3.33. The van der Waals surface area contributed by atoms with E-state index in [1.807, 2.05) is 56.1 Å². The third-order valence-electron chi connectivity index (χ3n) is 8.19. The van der Waals surface area contributed by atoms with Crippen LogP contribution in [0, 0.1) is 32.6 Å². The Kier molecular flexibility index (Phi) is 6.55. The molecule has 6 heteroatoms. The topological polar surface area (TPSA) is 31.4 Å². The minimum atomic E-state index is -2.22. The van der Waals surface area contributed by atoms with E-state index < -0.39 is 6.98 Å². The van der Waals surface area contributed by atoms with Crippen LogP contribution in [0.1, 0.15) is 67.9 Å². The first-order valence-corrected chi connectivity index (χ1v) is 14.1. The molecule has 0 amide bonds. The monoisotopic (exact) mass is 744 g/mol. The maximum atomic E-state index is 8.45. The van der Waals surface area contributed by atoms with Crippen LogP contribution in [0.3, 0.4) is 0 Å². The molecule has 3 aliphatic rings. The van der Waals surface area contributed by atoms with Crippen molar-refractivity contribution in [2.75, 3.05) is 13.6 Å². The zero-order valence-corrected chi connectivity index (χ0v) is 27.8. The van der Waals surface area contributed by atoms with Crippen molar-refractivity contribution >= 4 is 17.1 Å². The van der Waals surface area contributed by atoms with E-state index in [0.717, 1.165) is 39.3 Å². The number of benzene rings is 3. The van der Waals surface area contributed by atoms with Gasteiger partial charge in [-0.15, -0.1) is 29.8 Å². The zero-order valence-electron chi connectivity index (χ0n) is 28.5. The van der Waals surface area contributed by atoms with Crippen molar-refractivity contribution in [3.63, 3.8) is 0 Å². The normalized spacial score (nSPS) is 22.1. The fraction of sp³-hybridized carbons (Fsp3) is 0.333. The van der Waals surface area contributed by atoms with Crippen molar-refractivity contribution in [3.8, 4) is 23.1 Å². The van der Waals surface area contributed by atoms with Crippen molar-refractivity contribution in [1.82, 2.24) is 14.0 Å². The van der Waals surface area contributed by atoms with E-state index in [1.54, 1.807) is 6.20 Å². The number of rotatable bonds is 5. The van der Waals surface area contributed by atoms with Gasteiger partial charge < -0.3 is 18.4 Å². The molecule has 1 fully saturated rings. The third-order valence-corrected chi connectivity index (χ3v) is 8.19. The standard InChI is InChI=1S/C36H40N3O2.Pt/c1-24-15-32-33(16-25(24)2)39(22-38(32,9)23-39)28-17-27(36(6,7)8)18-31(20-28)40-29-11-10-12-30(21-29)41-34-19-26(13-14-37-34)35(3,4)5;/h10-19,22H,23H2,1-9H3;/q-1;/t38-,39+;/m0./s1/i9D3;. The smallest absolute Gasteiger partial charge is 0.216 e. The van der Waals surface area contributed by atoms with Gasteiger partial charge in [0.05, 0.1) is 17.8 Å². The molecule has 4 heterocycles. The maximum Gasteiger partial charge on any atom is 0.216 e. The van der Waals surface area contributed by atoms with E-state index in [1.165, 1.54) is 0 Å². The van der Waals surface area contributed by atoms with E-state index in [-0.39, 0.29) is 36.4 Å². The summed E-state index contributed by atoms with van der Waals surface area (Å²) in [5, 5.41) is 0. The first-order chi connectivity index (χ1) is 20.4. The summed E-state index contributed by atoms with van der Waals surface area (Å²) >= 11 is 0. The summed E-state index contributed by atoms with van der Waals surface area (Å²) in [5.41, 5.74) is 6.84. The van der Waals surface area contributed by atoms with Crippen LogP contribution in [0.2, 0.25) is 0 Å². The molecule has 2 bridgehead atoms. The Morgan fingerprint density at radius 3 is 2.10 bits per heavy atom. The zero-order chi connectivity index (χ0) is 31.9. The summed E-state index contributed by atoms with van der Waals surface area (Å²) in [6.45, 7) is 17.1. The molecule has 3 aliphatic heterocycles. The second-order valence-electron chi connectivity index (χ2n) is 13.5. The van der Waals surface area contributed by atoms with Crippen LogP contribution in [0.5, 0.6) is 23.1 Å². The van der Waals surface area contributed by atoms with Crippen molar-refractivity contribution < 1.29 is 34.7 Å². The summed E-state index contributed by atoms with van der Waals surface area (Å²) in [6, 6.07) is 24.5. The first-order valence-electron chi connectivity index (χ1n) is 15.6. The van der Waals surface area contributed by atoms with Crippen molar-refractivity contribution in [2.24, 2.45) is 0 Å². The number of ether oxygens (including phenoxy) is 2.